The van der Waals surface area contributed by atoms with E-state index in [2.05, 4.69) is 27.8 Å². The fourth-order valence-corrected chi connectivity index (χ4v) is 5.06. The van der Waals surface area contributed by atoms with Gasteiger partial charge >= 0.3 is 6.09 Å². The smallest absolute Gasteiger partial charge is 0.410 e. The summed E-state index contributed by atoms with van der Waals surface area (Å²) >= 11 is 1.56. The zero-order valence-corrected chi connectivity index (χ0v) is 19.7. The Kier molecular flexibility index (Phi) is 6.55. The first kappa shape index (κ1) is 22.5. The Morgan fingerprint density at radius 3 is 3.03 bits per heavy atom. The standard InChI is InChI=1S/C25H26N4O4S/c1-32-17-4-5-20-19(12-17)18(7-9-27-20)22-14-29(25(31)33-22)10-2-8-26-13-16-3-6-23-21(11-16)28-24(30)15-34-23/h3-7,9,11-12,22,26H,2,8,10,13-15H2,1H3,(H,28,30)/t22-/m0/s1. The molecule has 3 aromatic rings. The van der Waals surface area contributed by atoms with E-state index in [1.807, 2.05) is 30.3 Å². The molecule has 0 aliphatic carbocycles. The molecule has 5 rings (SSSR count). The highest BCUT2D eigenvalue weighted by atomic mass is 32.2. The summed E-state index contributed by atoms with van der Waals surface area (Å²) in [4.78, 5) is 31.3. The zero-order chi connectivity index (χ0) is 23.5. The van der Waals surface area contributed by atoms with Crippen molar-refractivity contribution in [1.82, 2.24) is 15.2 Å². The highest BCUT2D eigenvalue weighted by molar-refractivity contribution is 8.00. The molecule has 2 aromatic carbocycles. The summed E-state index contributed by atoms with van der Waals surface area (Å²) in [6, 6.07) is 13.8. The number of thioether (sulfide) groups is 1. The van der Waals surface area contributed by atoms with Crippen LogP contribution in [0.25, 0.3) is 10.9 Å². The Morgan fingerprint density at radius 1 is 1.24 bits per heavy atom. The number of fused-ring (bicyclic) bond motifs is 2. The van der Waals surface area contributed by atoms with Crippen molar-refractivity contribution >= 4 is 40.4 Å². The molecule has 2 aliphatic rings. The second-order valence-electron chi connectivity index (χ2n) is 8.30. The minimum atomic E-state index is -0.332. The Bertz CT molecular complexity index is 1230. The van der Waals surface area contributed by atoms with Crippen LogP contribution in [0, 0.1) is 0 Å². The molecule has 9 heteroatoms. The molecule has 0 spiro atoms. The zero-order valence-electron chi connectivity index (χ0n) is 18.9. The number of carbonyl (C=O) groups excluding carboxylic acids is 2. The number of benzene rings is 2. The first-order valence-electron chi connectivity index (χ1n) is 11.3. The average Bonchev–Trinajstić information content (AvgIpc) is 3.22. The van der Waals surface area contributed by atoms with Gasteiger partial charge < -0.3 is 25.0 Å². The Labute approximate surface area is 202 Å². The molecule has 8 nitrogen and oxygen atoms in total. The number of pyridine rings is 1. The summed E-state index contributed by atoms with van der Waals surface area (Å²) in [5, 5.41) is 7.27. The predicted molar refractivity (Wildman–Crippen MR) is 131 cm³/mol. The van der Waals surface area contributed by atoms with Crippen LogP contribution in [0.4, 0.5) is 10.5 Å². The molecule has 1 fully saturated rings. The number of amides is 2. The molecule has 3 heterocycles. The van der Waals surface area contributed by atoms with Gasteiger partial charge in [0.05, 0.1) is 30.6 Å². The van der Waals surface area contributed by atoms with Crippen molar-refractivity contribution in [2.24, 2.45) is 0 Å². The Morgan fingerprint density at radius 2 is 2.15 bits per heavy atom. The molecule has 0 saturated carbocycles. The number of aromatic nitrogens is 1. The van der Waals surface area contributed by atoms with Gasteiger partial charge in [0, 0.05) is 35.1 Å². The number of nitrogens with one attached hydrogen (secondary N) is 2. The monoisotopic (exact) mass is 478 g/mol. The summed E-state index contributed by atoms with van der Waals surface area (Å²) in [6.45, 7) is 2.59. The van der Waals surface area contributed by atoms with Gasteiger partial charge in [0.25, 0.3) is 0 Å². The molecule has 0 unspecified atom stereocenters. The van der Waals surface area contributed by atoms with Crippen LogP contribution in [0.1, 0.15) is 23.7 Å². The molecule has 1 aromatic heterocycles. The minimum Gasteiger partial charge on any atom is -0.497 e. The summed E-state index contributed by atoms with van der Waals surface area (Å²) in [6.07, 6.45) is 1.93. The van der Waals surface area contributed by atoms with Crippen LogP contribution in [0.15, 0.2) is 53.6 Å². The van der Waals surface area contributed by atoms with Crippen molar-refractivity contribution in [3.8, 4) is 5.75 Å². The van der Waals surface area contributed by atoms with E-state index >= 15 is 0 Å². The number of anilines is 1. The van der Waals surface area contributed by atoms with Gasteiger partial charge in [0.2, 0.25) is 5.91 Å². The number of rotatable bonds is 8. The van der Waals surface area contributed by atoms with Crippen LogP contribution >= 0.6 is 11.8 Å². The number of methoxy groups -OCH3 is 1. The van der Waals surface area contributed by atoms with Gasteiger partial charge in [-0.1, -0.05) is 6.07 Å². The molecule has 1 atom stereocenters. The third-order valence-corrected chi connectivity index (χ3v) is 7.08. The van der Waals surface area contributed by atoms with Gasteiger partial charge in [-0.2, -0.15) is 0 Å². The summed E-state index contributed by atoms with van der Waals surface area (Å²) < 4.78 is 11.0. The van der Waals surface area contributed by atoms with Crippen molar-refractivity contribution in [2.75, 3.05) is 37.8 Å². The van der Waals surface area contributed by atoms with E-state index in [1.165, 1.54) is 0 Å². The number of cyclic esters (lactones) is 1. The van der Waals surface area contributed by atoms with E-state index in [9.17, 15) is 9.59 Å². The second-order valence-corrected chi connectivity index (χ2v) is 9.32. The maximum atomic E-state index is 12.5. The third-order valence-electron chi connectivity index (χ3n) is 6.00. The van der Waals surface area contributed by atoms with E-state index < -0.39 is 0 Å². The van der Waals surface area contributed by atoms with Gasteiger partial charge in [0.15, 0.2) is 0 Å². The van der Waals surface area contributed by atoms with Gasteiger partial charge in [-0.25, -0.2) is 4.79 Å². The quantitative estimate of drug-likeness (QED) is 0.474. The third kappa shape index (κ3) is 4.80. The summed E-state index contributed by atoms with van der Waals surface area (Å²) in [7, 11) is 1.63. The molecule has 176 valence electrons. The van der Waals surface area contributed by atoms with Crippen LogP contribution in [0.2, 0.25) is 0 Å². The lowest BCUT2D eigenvalue weighted by atomic mass is 10.0. The van der Waals surface area contributed by atoms with Crippen LogP contribution in [-0.2, 0) is 16.1 Å². The topological polar surface area (TPSA) is 92.8 Å². The number of carbonyl (C=O) groups is 2. The fraction of sp³-hybridized carbons (Fsp3) is 0.320. The first-order chi connectivity index (χ1) is 16.6. The number of nitrogens with zero attached hydrogens (tertiary/aromatic N) is 2. The Balaban J connectivity index is 1.13. The minimum absolute atomic E-state index is 0.0392. The normalized spacial score (nSPS) is 17.4. The number of hydrogen-bond acceptors (Lipinski definition) is 7. The molecule has 2 aliphatic heterocycles. The van der Waals surface area contributed by atoms with E-state index in [-0.39, 0.29) is 18.1 Å². The lowest BCUT2D eigenvalue weighted by Gasteiger charge is -2.17. The van der Waals surface area contributed by atoms with E-state index in [1.54, 1.807) is 30.0 Å². The first-order valence-corrected chi connectivity index (χ1v) is 12.2. The summed E-state index contributed by atoms with van der Waals surface area (Å²) in [5.74, 6) is 1.25. The predicted octanol–water partition coefficient (Wildman–Crippen LogP) is 3.96. The van der Waals surface area contributed by atoms with E-state index in [0.717, 1.165) is 51.3 Å². The number of hydrogen-bond donors (Lipinski definition) is 2. The van der Waals surface area contributed by atoms with E-state index in [0.29, 0.717) is 25.4 Å². The van der Waals surface area contributed by atoms with Gasteiger partial charge in [-0.15, -0.1) is 11.8 Å². The lowest BCUT2D eigenvalue weighted by molar-refractivity contribution is -0.113. The molecule has 0 bridgehead atoms. The molecular formula is C25H26N4O4S. The molecule has 34 heavy (non-hydrogen) atoms. The molecule has 2 amide bonds. The highest BCUT2D eigenvalue weighted by Gasteiger charge is 2.33. The average molecular weight is 479 g/mol. The van der Waals surface area contributed by atoms with Gasteiger partial charge in [-0.05, 0) is 54.9 Å². The van der Waals surface area contributed by atoms with Crippen LogP contribution in [-0.4, -0.2) is 54.4 Å². The highest BCUT2D eigenvalue weighted by Crippen LogP contribution is 2.33. The van der Waals surface area contributed by atoms with Crippen molar-refractivity contribution in [3.63, 3.8) is 0 Å². The van der Waals surface area contributed by atoms with Crippen LogP contribution < -0.4 is 15.4 Å². The van der Waals surface area contributed by atoms with Crippen LogP contribution in [0.3, 0.4) is 0 Å². The van der Waals surface area contributed by atoms with E-state index in [4.69, 9.17) is 9.47 Å². The Hall–Kier alpha value is -3.30. The van der Waals surface area contributed by atoms with Gasteiger partial charge in [-0.3, -0.25) is 9.78 Å². The fourth-order valence-electron chi connectivity index (χ4n) is 4.27. The van der Waals surface area contributed by atoms with Crippen LogP contribution in [0.5, 0.6) is 5.75 Å². The molecular weight excluding hydrogens is 452 g/mol. The molecule has 2 N–H and O–H groups in total. The molecule has 0 radical (unpaired) electrons. The summed E-state index contributed by atoms with van der Waals surface area (Å²) in [5.41, 5.74) is 3.78. The number of ether oxygens (including phenoxy) is 2. The maximum Gasteiger partial charge on any atom is 0.410 e. The van der Waals surface area contributed by atoms with Crippen molar-refractivity contribution in [1.29, 1.82) is 0 Å². The van der Waals surface area contributed by atoms with Crippen molar-refractivity contribution < 1.29 is 19.1 Å². The van der Waals surface area contributed by atoms with Crippen molar-refractivity contribution in [3.05, 3.63) is 59.8 Å². The van der Waals surface area contributed by atoms with Gasteiger partial charge in [0.1, 0.15) is 11.9 Å². The SMILES string of the molecule is COc1ccc2nccc([C@@H]3CN(CCCNCc4ccc5c(c4)NC(=O)CS5)C(=O)O3)c2c1. The second kappa shape index (κ2) is 9.90. The largest absolute Gasteiger partial charge is 0.497 e. The molecule has 1 saturated heterocycles. The maximum absolute atomic E-state index is 12.5. The lowest BCUT2D eigenvalue weighted by Crippen LogP contribution is -2.28. The van der Waals surface area contributed by atoms with Crippen molar-refractivity contribution in [2.45, 2.75) is 24.0 Å².